The zero-order valence-electron chi connectivity index (χ0n) is 8.44. The Morgan fingerprint density at radius 2 is 1.94 bits per heavy atom. The summed E-state index contributed by atoms with van der Waals surface area (Å²) in [6, 6.07) is 6.36. The SMILES string of the molecule is O=S(=O)(c1ccc(Br)cc1)N1CCC(F)C1. The van der Waals surface area contributed by atoms with E-state index in [1.165, 1.54) is 16.4 Å². The first kappa shape index (κ1) is 12.0. The maximum absolute atomic E-state index is 13.0. The van der Waals surface area contributed by atoms with Gasteiger partial charge in [0.2, 0.25) is 10.0 Å². The Balaban J connectivity index is 2.29. The number of alkyl halides is 1. The molecule has 0 amide bonds. The molecule has 0 aromatic heterocycles. The van der Waals surface area contributed by atoms with Crippen molar-refractivity contribution in [2.45, 2.75) is 17.5 Å². The fourth-order valence-corrected chi connectivity index (χ4v) is 3.41. The van der Waals surface area contributed by atoms with Crippen LogP contribution in [-0.4, -0.2) is 32.0 Å². The molecular formula is C10H11BrFNO2S. The van der Waals surface area contributed by atoms with Crippen LogP contribution in [0.3, 0.4) is 0 Å². The van der Waals surface area contributed by atoms with Crippen LogP contribution in [-0.2, 0) is 10.0 Å². The minimum Gasteiger partial charge on any atom is -0.246 e. The molecule has 88 valence electrons. The molecule has 1 unspecified atom stereocenters. The molecule has 0 bridgehead atoms. The van der Waals surface area contributed by atoms with Crippen molar-refractivity contribution in [3.8, 4) is 0 Å². The third-order valence-electron chi connectivity index (χ3n) is 2.54. The van der Waals surface area contributed by atoms with Crippen LogP contribution in [0, 0.1) is 0 Å². The van der Waals surface area contributed by atoms with E-state index in [0.717, 1.165) is 4.47 Å². The number of hydrogen-bond donors (Lipinski definition) is 0. The van der Waals surface area contributed by atoms with E-state index in [0.29, 0.717) is 0 Å². The summed E-state index contributed by atoms with van der Waals surface area (Å²) in [5, 5.41) is 0. The highest BCUT2D eigenvalue weighted by Gasteiger charge is 2.32. The number of rotatable bonds is 2. The molecule has 2 rings (SSSR count). The van der Waals surface area contributed by atoms with Crippen molar-refractivity contribution in [1.29, 1.82) is 0 Å². The van der Waals surface area contributed by atoms with E-state index in [-0.39, 0.29) is 24.4 Å². The van der Waals surface area contributed by atoms with Gasteiger partial charge >= 0.3 is 0 Å². The van der Waals surface area contributed by atoms with Crippen LogP contribution < -0.4 is 0 Å². The molecule has 0 aliphatic carbocycles. The summed E-state index contributed by atoms with van der Waals surface area (Å²) < 4.78 is 39.1. The van der Waals surface area contributed by atoms with Gasteiger partial charge in [0, 0.05) is 17.6 Å². The van der Waals surface area contributed by atoms with Crippen LogP contribution in [0.25, 0.3) is 0 Å². The number of sulfonamides is 1. The Morgan fingerprint density at radius 3 is 2.44 bits per heavy atom. The molecule has 0 spiro atoms. The molecule has 1 fully saturated rings. The van der Waals surface area contributed by atoms with Crippen LogP contribution in [0.1, 0.15) is 6.42 Å². The maximum Gasteiger partial charge on any atom is 0.243 e. The van der Waals surface area contributed by atoms with Crippen LogP contribution in [0.4, 0.5) is 4.39 Å². The molecule has 1 aromatic carbocycles. The third kappa shape index (κ3) is 2.28. The number of halogens is 2. The first-order valence-corrected chi connectivity index (χ1v) is 7.13. The quantitative estimate of drug-likeness (QED) is 0.840. The largest absolute Gasteiger partial charge is 0.246 e. The highest BCUT2D eigenvalue weighted by molar-refractivity contribution is 9.10. The molecule has 16 heavy (non-hydrogen) atoms. The Bertz CT molecular complexity index is 474. The predicted molar refractivity (Wildman–Crippen MR) is 62.4 cm³/mol. The second-order valence-electron chi connectivity index (χ2n) is 3.70. The second-order valence-corrected chi connectivity index (χ2v) is 6.56. The van der Waals surface area contributed by atoms with Gasteiger partial charge < -0.3 is 0 Å². The van der Waals surface area contributed by atoms with E-state index in [2.05, 4.69) is 15.9 Å². The summed E-state index contributed by atoms with van der Waals surface area (Å²) in [6.07, 6.45) is -0.749. The molecule has 1 heterocycles. The summed E-state index contributed by atoms with van der Waals surface area (Å²) in [7, 11) is -3.52. The fraction of sp³-hybridized carbons (Fsp3) is 0.400. The molecule has 1 aliphatic rings. The summed E-state index contributed by atoms with van der Waals surface area (Å²) in [5.41, 5.74) is 0. The van der Waals surface area contributed by atoms with Gasteiger partial charge in [-0.05, 0) is 30.7 Å². The molecule has 6 heteroatoms. The Morgan fingerprint density at radius 1 is 1.31 bits per heavy atom. The topological polar surface area (TPSA) is 37.4 Å². The summed E-state index contributed by atoms with van der Waals surface area (Å²) >= 11 is 3.24. The van der Waals surface area contributed by atoms with Crippen LogP contribution >= 0.6 is 15.9 Å². The second kappa shape index (κ2) is 4.43. The van der Waals surface area contributed by atoms with Crippen molar-refractivity contribution in [3.63, 3.8) is 0 Å². The van der Waals surface area contributed by atoms with E-state index in [9.17, 15) is 12.8 Å². The zero-order valence-corrected chi connectivity index (χ0v) is 10.8. The first-order chi connectivity index (χ1) is 7.50. The minimum absolute atomic E-state index is 0.0294. The van der Waals surface area contributed by atoms with Gasteiger partial charge in [0.05, 0.1) is 4.90 Å². The molecule has 0 saturated carbocycles. The number of benzene rings is 1. The van der Waals surface area contributed by atoms with E-state index in [4.69, 9.17) is 0 Å². The molecule has 0 N–H and O–H groups in total. The van der Waals surface area contributed by atoms with Crippen molar-refractivity contribution in [3.05, 3.63) is 28.7 Å². The number of nitrogens with zero attached hydrogens (tertiary/aromatic N) is 1. The van der Waals surface area contributed by atoms with Gasteiger partial charge in [0.15, 0.2) is 0 Å². The zero-order chi connectivity index (χ0) is 11.8. The van der Waals surface area contributed by atoms with E-state index < -0.39 is 16.2 Å². The normalized spacial score (nSPS) is 22.5. The lowest BCUT2D eigenvalue weighted by atomic mass is 10.4. The molecule has 1 aromatic rings. The molecule has 1 atom stereocenters. The highest BCUT2D eigenvalue weighted by atomic mass is 79.9. The van der Waals surface area contributed by atoms with Gasteiger partial charge in [-0.15, -0.1) is 0 Å². The lowest BCUT2D eigenvalue weighted by molar-refractivity contribution is 0.343. The van der Waals surface area contributed by atoms with Crippen molar-refractivity contribution in [1.82, 2.24) is 4.31 Å². The van der Waals surface area contributed by atoms with Crippen molar-refractivity contribution in [2.24, 2.45) is 0 Å². The summed E-state index contributed by atoms with van der Waals surface area (Å²) in [4.78, 5) is 0.213. The lowest BCUT2D eigenvalue weighted by Crippen LogP contribution is -2.29. The summed E-state index contributed by atoms with van der Waals surface area (Å²) in [5.74, 6) is 0. The van der Waals surface area contributed by atoms with E-state index in [1.807, 2.05) is 0 Å². The molecular weight excluding hydrogens is 297 g/mol. The Hall–Kier alpha value is -0.460. The van der Waals surface area contributed by atoms with Crippen molar-refractivity contribution < 1.29 is 12.8 Å². The van der Waals surface area contributed by atoms with Gasteiger partial charge in [0.25, 0.3) is 0 Å². The predicted octanol–water partition coefficient (Wildman–Crippen LogP) is 2.18. The van der Waals surface area contributed by atoms with E-state index in [1.54, 1.807) is 12.1 Å². The Labute approximate surface area is 102 Å². The van der Waals surface area contributed by atoms with Gasteiger partial charge in [-0.25, -0.2) is 12.8 Å². The smallest absolute Gasteiger partial charge is 0.243 e. The average molecular weight is 308 g/mol. The van der Waals surface area contributed by atoms with Crippen molar-refractivity contribution in [2.75, 3.05) is 13.1 Å². The lowest BCUT2D eigenvalue weighted by Gasteiger charge is -2.15. The third-order valence-corrected chi connectivity index (χ3v) is 4.95. The minimum atomic E-state index is -3.52. The van der Waals surface area contributed by atoms with Gasteiger partial charge in [0.1, 0.15) is 6.17 Å². The Kier molecular flexibility index (Phi) is 3.32. The molecule has 1 saturated heterocycles. The van der Waals surface area contributed by atoms with Gasteiger partial charge in [-0.3, -0.25) is 0 Å². The fourth-order valence-electron chi connectivity index (χ4n) is 1.66. The molecule has 3 nitrogen and oxygen atoms in total. The average Bonchev–Trinajstić information content (AvgIpc) is 2.66. The highest BCUT2D eigenvalue weighted by Crippen LogP contribution is 2.23. The maximum atomic E-state index is 13.0. The number of hydrogen-bond acceptors (Lipinski definition) is 2. The van der Waals surface area contributed by atoms with Crippen molar-refractivity contribution >= 4 is 26.0 Å². The summed E-state index contributed by atoms with van der Waals surface area (Å²) in [6.45, 7) is 0.234. The molecule has 1 aliphatic heterocycles. The van der Waals surface area contributed by atoms with Crippen LogP contribution in [0.5, 0.6) is 0 Å². The van der Waals surface area contributed by atoms with E-state index >= 15 is 0 Å². The standard InChI is InChI=1S/C10H11BrFNO2S/c11-8-1-3-10(4-2-8)16(14,15)13-6-5-9(12)7-13/h1-4,9H,5-7H2. The monoisotopic (exact) mass is 307 g/mol. The van der Waals surface area contributed by atoms with Gasteiger partial charge in [-0.1, -0.05) is 15.9 Å². The van der Waals surface area contributed by atoms with Gasteiger partial charge in [-0.2, -0.15) is 4.31 Å². The van der Waals surface area contributed by atoms with Crippen LogP contribution in [0.15, 0.2) is 33.6 Å². The first-order valence-electron chi connectivity index (χ1n) is 4.90. The van der Waals surface area contributed by atoms with Crippen LogP contribution in [0.2, 0.25) is 0 Å². The molecule has 0 radical (unpaired) electrons.